The lowest BCUT2D eigenvalue weighted by atomic mass is 9.83. The summed E-state index contributed by atoms with van der Waals surface area (Å²) in [6, 6.07) is 7.26. The number of benzene rings is 1. The van der Waals surface area contributed by atoms with Gasteiger partial charge in [0.05, 0.1) is 6.61 Å². The molecule has 0 saturated heterocycles. The Hall–Kier alpha value is -1.79. The van der Waals surface area contributed by atoms with Gasteiger partial charge in [0.15, 0.2) is 0 Å². The van der Waals surface area contributed by atoms with Gasteiger partial charge in [0.1, 0.15) is 0 Å². The molecule has 2 N–H and O–H groups in total. The highest BCUT2D eigenvalue weighted by atomic mass is 16.2. The van der Waals surface area contributed by atoms with Gasteiger partial charge < -0.3 is 10.4 Å². The molecule has 1 aliphatic carbocycles. The van der Waals surface area contributed by atoms with Crippen LogP contribution >= 0.6 is 0 Å². The smallest absolute Gasteiger partial charge is 0.251 e. The van der Waals surface area contributed by atoms with E-state index in [4.69, 9.17) is 5.11 Å². The zero-order chi connectivity index (χ0) is 14.2. The number of rotatable bonds is 5. The fraction of sp³-hybridized carbons (Fsp3) is 0.471. The molecule has 3 nitrogen and oxygen atoms in total. The summed E-state index contributed by atoms with van der Waals surface area (Å²) in [5.41, 5.74) is 1.54. The second-order valence-corrected chi connectivity index (χ2v) is 5.19. The summed E-state index contributed by atoms with van der Waals surface area (Å²) in [6.07, 6.45) is 5.55. The zero-order valence-corrected chi connectivity index (χ0v) is 11.7. The predicted molar refractivity (Wildman–Crippen MR) is 79.3 cm³/mol. The van der Waals surface area contributed by atoms with Gasteiger partial charge in [0.2, 0.25) is 0 Å². The number of amides is 1. The number of aliphatic hydroxyl groups is 1. The van der Waals surface area contributed by atoms with Crippen molar-refractivity contribution in [3.8, 4) is 11.8 Å². The number of hydrogen-bond donors (Lipinski definition) is 2. The SMILES string of the molecule is O=C(NCCC1CCC1)c1ccc(C#CCCO)cc1. The first-order valence-electron chi connectivity index (χ1n) is 7.27. The summed E-state index contributed by atoms with van der Waals surface area (Å²) in [5.74, 6) is 6.61. The Labute approximate surface area is 120 Å². The highest BCUT2D eigenvalue weighted by Crippen LogP contribution is 2.28. The molecule has 20 heavy (non-hydrogen) atoms. The van der Waals surface area contributed by atoms with E-state index in [1.54, 1.807) is 12.1 Å². The molecular formula is C17H21NO2. The first-order chi connectivity index (χ1) is 9.79. The summed E-state index contributed by atoms with van der Waals surface area (Å²) in [5, 5.41) is 11.6. The van der Waals surface area contributed by atoms with Crippen LogP contribution in [0.2, 0.25) is 0 Å². The quantitative estimate of drug-likeness (QED) is 0.808. The van der Waals surface area contributed by atoms with Gasteiger partial charge in [-0.2, -0.15) is 0 Å². The minimum absolute atomic E-state index is 0.0146. The lowest BCUT2D eigenvalue weighted by Gasteiger charge is -2.25. The van der Waals surface area contributed by atoms with Crippen molar-refractivity contribution in [1.82, 2.24) is 5.32 Å². The molecule has 1 amide bonds. The number of aliphatic hydroxyl groups excluding tert-OH is 1. The van der Waals surface area contributed by atoms with Crippen LogP contribution in [0.15, 0.2) is 24.3 Å². The molecule has 1 saturated carbocycles. The first kappa shape index (κ1) is 14.6. The summed E-state index contributed by atoms with van der Waals surface area (Å²) in [7, 11) is 0. The van der Waals surface area contributed by atoms with Crippen molar-refractivity contribution in [3.63, 3.8) is 0 Å². The van der Waals surface area contributed by atoms with Crippen molar-refractivity contribution in [2.75, 3.05) is 13.2 Å². The third-order valence-electron chi connectivity index (χ3n) is 3.68. The van der Waals surface area contributed by atoms with Crippen LogP contribution in [0.25, 0.3) is 0 Å². The first-order valence-corrected chi connectivity index (χ1v) is 7.27. The van der Waals surface area contributed by atoms with E-state index in [-0.39, 0.29) is 12.5 Å². The van der Waals surface area contributed by atoms with E-state index in [9.17, 15) is 4.79 Å². The monoisotopic (exact) mass is 271 g/mol. The van der Waals surface area contributed by atoms with E-state index in [1.807, 2.05) is 12.1 Å². The van der Waals surface area contributed by atoms with Crippen LogP contribution in [0.3, 0.4) is 0 Å². The van der Waals surface area contributed by atoms with Gasteiger partial charge in [0, 0.05) is 24.1 Å². The molecule has 0 bridgehead atoms. The van der Waals surface area contributed by atoms with Gasteiger partial charge >= 0.3 is 0 Å². The van der Waals surface area contributed by atoms with Crippen molar-refractivity contribution in [1.29, 1.82) is 0 Å². The Bertz CT molecular complexity index is 492. The summed E-state index contributed by atoms with van der Waals surface area (Å²) in [6.45, 7) is 0.843. The fourth-order valence-corrected chi connectivity index (χ4v) is 2.20. The fourth-order valence-electron chi connectivity index (χ4n) is 2.20. The van der Waals surface area contributed by atoms with Crippen LogP contribution in [0.4, 0.5) is 0 Å². The van der Waals surface area contributed by atoms with E-state index >= 15 is 0 Å². The van der Waals surface area contributed by atoms with Crippen LogP contribution in [0.5, 0.6) is 0 Å². The number of carbonyl (C=O) groups excluding carboxylic acids is 1. The molecule has 0 atom stereocenters. The van der Waals surface area contributed by atoms with Gasteiger partial charge in [0.25, 0.3) is 5.91 Å². The largest absolute Gasteiger partial charge is 0.395 e. The molecule has 0 unspecified atom stereocenters. The van der Waals surface area contributed by atoms with Crippen LogP contribution in [0, 0.1) is 17.8 Å². The van der Waals surface area contributed by atoms with E-state index in [0.717, 1.165) is 24.4 Å². The maximum Gasteiger partial charge on any atom is 0.251 e. The number of nitrogens with one attached hydrogen (secondary N) is 1. The molecule has 3 heteroatoms. The predicted octanol–water partition coefficient (Wildman–Crippen LogP) is 2.34. The Kier molecular flexibility index (Phi) is 5.64. The maximum atomic E-state index is 11.9. The van der Waals surface area contributed by atoms with Crippen molar-refractivity contribution in [2.24, 2.45) is 5.92 Å². The Balaban J connectivity index is 1.79. The van der Waals surface area contributed by atoms with Gasteiger partial charge in [-0.15, -0.1) is 0 Å². The molecule has 0 heterocycles. The highest BCUT2D eigenvalue weighted by Gasteiger charge is 2.16. The molecule has 2 rings (SSSR count). The summed E-state index contributed by atoms with van der Waals surface area (Å²) in [4.78, 5) is 11.9. The Morgan fingerprint density at radius 2 is 2.05 bits per heavy atom. The Morgan fingerprint density at radius 3 is 2.65 bits per heavy atom. The lowest BCUT2D eigenvalue weighted by molar-refractivity contribution is 0.0949. The van der Waals surface area contributed by atoms with E-state index in [1.165, 1.54) is 19.3 Å². The molecule has 1 fully saturated rings. The molecule has 0 aliphatic heterocycles. The molecule has 0 aromatic heterocycles. The van der Waals surface area contributed by atoms with Gasteiger partial charge in [-0.3, -0.25) is 4.79 Å². The average Bonchev–Trinajstić information content (AvgIpc) is 2.42. The maximum absolute atomic E-state index is 11.9. The summed E-state index contributed by atoms with van der Waals surface area (Å²) < 4.78 is 0. The van der Waals surface area contributed by atoms with Crippen molar-refractivity contribution < 1.29 is 9.90 Å². The summed E-state index contributed by atoms with van der Waals surface area (Å²) >= 11 is 0. The van der Waals surface area contributed by atoms with Gasteiger partial charge in [-0.1, -0.05) is 31.1 Å². The normalized spacial score (nSPS) is 14.1. The number of hydrogen-bond acceptors (Lipinski definition) is 2. The minimum Gasteiger partial charge on any atom is -0.395 e. The van der Waals surface area contributed by atoms with E-state index < -0.39 is 0 Å². The zero-order valence-electron chi connectivity index (χ0n) is 11.7. The Morgan fingerprint density at radius 1 is 1.30 bits per heavy atom. The highest BCUT2D eigenvalue weighted by molar-refractivity contribution is 5.94. The van der Waals surface area contributed by atoms with Crippen molar-refractivity contribution in [2.45, 2.75) is 32.1 Å². The van der Waals surface area contributed by atoms with Gasteiger partial charge in [-0.05, 0) is 36.6 Å². The molecule has 1 aliphatic rings. The minimum atomic E-state index is -0.0146. The van der Waals surface area contributed by atoms with Crippen LogP contribution in [-0.4, -0.2) is 24.2 Å². The van der Waals surface area contributed by atoms with E-state index in [2.05, 4.69) is 17.2 Å². The standard InChI is InChI=1S/C17H21NO2/c19-13-2-1-4-15-7-9-16(10-8-15)17(20)18-12-11-14-5-3-6-14/h7-10,14,19H,2-3,5-6,11-13H2,(H,18,20). The van der Waals surface area contributed by atoms with Crippen molar-refractivity contribution >= 4 is 5.91 Å². The molecule has 1 aromatic rings. The average molecular weight is 271 g/mol. The van der Waals surface area contributed by atoms with Crippen molar-refractivity contribution in [3.05, 3.63) is 35.4 Å². The lowest BCUT2D eigenvalue weighted by Crippen LogP contribution is -2.27. The molecule has 1 aromatic carbocycles. The second kappa shape index (κ2) is 7.72. The molecule has 106 valence electrons. The number of carbonyl (C=O) groups is 1. The topological polar surface area (TPSA) is 49.3 Å². The van der Waals surface area contributed by atoms with E-state index in [0.29, 0.717) is 12.0 Å². The van der Waals surface area contributed by atoms with Crippen LogP contribution < -0.4 is 5.32 Å². The van der Waals surface area contributed by atoms with Crippen LogP contribution in [-0.2, 0) is 0 Å². The molecular weight excluding hydrogens is 250 g/mol. The third-order valence-corrected chi connectivity index (χ3v) is 3.68. The third kappa shape index (κ3) is 4.40. The second-order valence-electron chi connectivity index (χ2n) is 5.19. The molecule has 0 spiro atoms. The van der Waals surface area contributed by atoms with Crippen LogP contribution in [0.1, 0.15) is 48.0 Å². The molecule has 0 radical (unpaired) electrons. The van der Waals surface area contributed by atoms with Gasteiger partial charge in [-0.25, -0.2) is 0 Å².